The van der Waals surface area contributed by atoms with Crippen LogP contribution in [0, 0.1) is 0 Å². The number of nitrogens with zero attached hydrogens (tertiary/aromatic N) is 4. The molecule has 2 unspecified atom stereocenters. The average molecular weight is 329 g/mol. The Morgan fingerprint density at radius 3 is 2.62 bits per heavy atom. The van der Waals surface area contributed by atoms with Crippen molar-refractivity contribution in [1.82, 2.24) is 19.9 Å². The van der Waals surface area contributed by atoms with Crippen LogP contribution in [0.2, 0.25) is 0 Å². The molecule has 2 fully saturated rings. The molecule has 2 atom stereocenters. The normalized spacial score (nSPS) is 23.8. The Labute approximate surface area is 141 Å². The van der Waals surface area contributed by atoms with Crippen molar-refractivity contribution in [3.8, 4) is 0 Å². The lowest BCUT2D eigenvalue weighted by Crippen LogP contribution is -2.57. The molecule has 2 saturated heterocycles. The lowest BCUT2D eigenvalue weighted by Gasteiger charge is -2.41. The Morgan fingerprint density at radius 2 is 1.96 bits per heavy atom. The first-order chi connectivity index (χ1) is 11.4. The Bertz CT molecular complexity index is 752. The van der Waals surface area contributed by atoms with Crippen LogP contribution >= 0.6 is 0 Å². The fraction of sp³-hybridized carbons (Fsp3) is 0.588. The maximum atomic E-state index is 12.5. The number of ether oxygens (including phenoxy) is 1. The molecule has 0 radical (unpaired) electrons. The topological polar surface area (TPSA) is 74.3 Å². The van der Waals surface area contributed by atoms with Crippen LogP contribution in [0.15, 0.2) is 18.6 Å². The van der Waals surface area contributed by atoms with Crippen LogP contribution in [-0.4, -0.2) is 56.7 Å². The Hall–Kier alpha value is -2.31. The molecule has 1 N–H and O–H groups in total. The zero-order valence-electron chi connectivity index (χ0n) is 14.3. The van der Waals surface area contributed by atoms with E-state index in [9.17, 15) is 4.79 Å². The third-order valence-electron chi connectivity index (χ3n) is 4.72. The van der Waals surface area contributed by atoms with E-state index in [1.165, 1.54) is 0 Å². The zero-order valence-corrected chi connectivity index (χ0v) is 14.3. The van der Waals surface area contributed by atoms with Crippen molar-refractivity contribution in [2.24, 2.45) is 0 Å². The van der Waals surface area contributed by atoms with E-state index in [2.05, 4.69) is 19.9 Å². The number of piperazine rings is 1. The van der Waals surface area contributed by atoms with Crippen LogP contribution < -0.4 is 4.90 Å². The number of rotatable bonds is 1. The van der Waals surface area contributed by atoms with Gasteiger partial charge in [-0.25, -0.2) is 14.8 Å². The van der Waals surface area contributed by atoms with E-state index in [0.29, 0.717) is 0 Å². The van der Waals surface area contributed by atoms with E-state index in [1.54, 1.807) is 6.33 Å². The Morgan fingerprint density at radius 1 is 1.25 bits per heavy atom. The second-order valence-corrected chi connectivity index (χ2v) is 7.61. The molecule has 2 aromatic rings. The van der Waals surface area contributed by atoms with Crippen LogP contribution in [0.1, 0.15) is 33.6 Å². The predicted molar refractivity (Wildman–Crippen MR) is 91.0 cm³/mol. The summed E-state index contributed by atoms with van der Waals surface area (Å²) in [6, 6.07) is 2.37. The number of hydrogen-bond acceptors (Lipinski definition) is 5. The summed E-state index contributed by atoms with van der Waals surface area (Å²) in [7, 11) is 0. The number of carbonyl (C=O) groups excluding carboxylic acids is 1. The number of aromatic nitrogens is 3. The molecule has 2 aliphatic heterocycles. The molecule has 0 aromatic carbocycles. The van der Waals surface area contributed by atoms with E-state index >= 15 is 0 Å². The van der Waals surface area contributed by atoms with Crippen LogP contribution in [0.5, 0.6) is 0 Å². The zero-order chi connectivity index (χ0) is 16.9. The van der Waals surface area contributed by atoms with Gasteiger partial charge < -0.3 is 14.6 Å². The predicted octanol–water partition coefficient (Wildman–Crippen LogP) is 2.55. The number of fused-ring (bicyclic) bond motifs is 3. The largest absolute Gasteiger partial charge is 0.444 e. The van der Waals surface area contributed by atoms with Crippen LogP contribution in [0.4, 0.5) is 10.6 Å². The van der Waals surface area contributed by atoms with Gasteiger partial charge in [-0.15, -0.1) is 0 Å². The lowest BCUT2D eigenvalue weighted by atomic mass is 10.1. The summed E-state index contributed by atoms with van der Waals surface area (Å²) in [6.07, 6.45) is 5.32. The Balaban J connectivity index is 1.56. The molecular formula is C17H23N5O2. The molecule has 4 heterocycles. The summed E-state index contributed by atoms with van der Waals surface area (Å²) in [5.41, 5.74) is 0.388. The van der Waals surface area contributed by atoms with Crippen molar-refractivity contribution >= 4 is 22.9 Å². The average Bonchev–Trinajstić information content (AvgIpc) is 3.07. The highest BCUT2D eigenvalue weighted by Crippen LogP contribution is 2.34. The number of anilines is 1. The molecule has 4 rings (SSSR count). The monoisotopic (exact) mass is 329 g/mol. The van der Waals surface area contributed by atoms with Crippen molar-refractivity contribution < 1.29 is 9.53 Å². The van der Waals surface area contributed by atoms with Crippen LogP contribution in [0.3, 0.4) is 0 Å². The number of hydrogen-bond donors (Lipinski definition) is 1. The minimum Gasteiger partial charge on any atom is -0.444 e. The van der Waals surface area contributed by atoms with Gasteiger partial charge in [0.25, 0.3) is 0 Å². The minimum atomic E-state index is -0.461. The molecule has 2 bridgehead atoms. The highest BCUT2D eigenvalue weighted by atomic mass is 16.6. The van der Waals surface area contributed by atoms with E-state index in [-0.39, 0.29) is 18.2 Å². The fourth-order valence-corrected chi connectivity index (χ4v) is 3.80. The van der Waals surface area contributed by atoms with Gasteiger partial charge in [0.15, 0.2) is 0 Å². The number of H-pyrrole nitrogens is 1. The first-order valence-electron chi connectivity index (χ1n) is 8.47. The summed E-state index contributed by atoms with van der Waals surface area (Å²) >= 11 is 0. The molecule has 24 heavy (non-hydrogen) atoms. The standard InChI is InChI=1S/C17H23N5O2/c1-17(2,3)24-16(23)22-11-4-5-12(22)9-21(8-11)15-13-6-7-18-14(13)19-10-20-15/h6-7,10-12H,4-5,8-9H2,1-3H3,(H,18,19,20). The van der Waals surface area contributed by atoms with Gasteiger partial charge in [0.1, 0.15) is 23.4 Å². The van der Waals surface area contributed by atoms with Crippen molar-refractivity contribution in [3.05, 3.63) is 18.6 Å². The van der Waals surface area contributed by atoms with Crippen molar-refractivity contribution in [2.45, 2.75) is 51.3 Å². The third kappa shape index (κ3) is 2.57. The number of carbonyl (C=O) groups is 1. The highest BCUT2D eigenvalue weighted by Gasteiger charge is 2.44. The molecule has 0 spiro atoms. The third-order valence-corrected chi connectivity index (χ3v) is 4.72. The SMILES string of the molecule is CC(C)(C)OC(=O)N1C2CCC1CN(c1ncnc3[nH]ccc13)C2. The second kappa shape index (κ2) is 5.36. The Kier molecular flexibility index (Phi) is 3.40. The maximum Gasteiger partial charge on any atom is 0.410 e. The van der Waals surface area contributed by atoms with E-state index in [4.69, 9.17) is 4.74 Å². The summed E-state index contributed by atoms with van der Waals surface area (Å²) in [5.74, 6) is 0.946. The summed E-state index contributed by atoms with van der Waals surface area (Å²) in [4.78, 5) is 28.6. The van der Waals surface area contributed by atoms with Gasteiger partial charge in [0.05, 0.1) is 17.5 Å². The van der Waals surface area contributed by atoms with Gasteiger partial charge in [0.2, 0.25) is 0 Å². The summed E-state index contributed by atoms with van der Waals surface area (Å²) in [6.45, 7) is 7.30. The van der Waals surface area contributed by atoms with Crippen molar-refractivity contribution in [2.75, 3.05) is 18.0 Å². The fourth-order valence-electron chi connectivity index (χ4n) is 3.80. The summed E-state index contributed by atoms with van der Waals surface area (Å²) in [5, 5.41) is 1.03. The quantitative estimate of drug-likeness (QED) is 0.870. The van der Waals surface area contributed by atoms with Crippen molar-refractivity contribution in [3.63, 3.8) is 0 Å². The second-order valence-electron chi connectivity index (χ2n) is 7.61. The first kappa shape index (κ1) is 15.2. The van der Waals surface area contributed by atoms with Gasteiger partial charge >= 0.3 is 6.09 Å². The van der Waals surface area contributed by atoms with Gasteiger partial charge in [-0.2, -0.15) is 0 Å². The summed E-state index contributed by atoms with van der Waals surface area (Å²) < 4.78 is 5.59. The van der Waals surface area contributed by atoms with E-state index in [0.717, 1.165) is 42.8 Å². The number of amides is 1. The molecule has 128 valence electrons. The van der Waals surface area contributed by atoms with Crippen LogP contribution in [0.25, 0.3) is 11.0 Å². The number of aromatic amines is 1. The minimum absolute atomic E-state index is 0.183. The smallest absolute Gasteiger partial charge is 0.410 e. The van der Waals surface area contributed by atoms with Gasteiger partial charge in [0, 0.05) is 19.3 Å². The lowest BCUT2D eigenvalue weighted by molar-refractivity contribution is 0.0123. The molecule has 0 saturated carbocycles. The molecule has 1 amide bonds. The highest BCUT2D eigenvalue weighted by molar-refractivity contribution is 5.87. The maximum absolute atomic E-state index is 12.5. The number of nitrogens with one attached hydrogen (secondary N) is 1. The molecule has 7 nitrogen and oxygen atoms in total. The van der Waals surface area contributed by atoms with E-state index < -0.39 is 5.60 Å². The molecule has 7 heteroatoms. The molecule has 0 aliphatic carbocycles. The molecule has 2 aromatic heterocycles. The molecule has 2 aliphatic rings. The van der Waals surface area contributed by atoms with Gasteiger partial charge in [-0.05, 0) is 39.7 Å². The molecular weight excluding hydrogens is 306 g/mol. The first-order valence-corrected chi connectivity index (χ1v) is 8.47. The van der Waals surface area contributed by atoms with Crippen LogP contribution in [-0.2, 0) is 4.74 Å². The van der Waals surface area contributed by atoms with Crippen molar-refractivity contribution in [1.29, 1.82) is 0 Å². The van der Waals surface area contributed by atoms with Gasteiger partial charge in [-0.3, -0.25) is 4.90 Å². The van der Waals surface area contributed by atoms with E-state index in [1.807, 2.05) is 37.9 Å². The van der Waals surface area contributed by atoms with Gasteiger partial charge in [-0.1, -0.05) is 0 Å².